The minimum absolute atomic E-state index is 0.0113. The molecule has 0 radical (unpaired) electrons. The van der Waals surface area contributed by atoms with Crippen molar-refractivity contribution >= 4 is 17.2 Å². The first-order chi connectivity index (χ1) is 15.8. The van der Waals surface area contributed by atoms with Gasteiger partial charge in [-0.3, -0.25) is 9.59 Å². The number of aromatic hydroxyl groups is 1. The molecule has 0 fully saturated rings. The predicted octanol–water partition coefficient (Wildman–Crippen LogP) is 3.24. The molecule has 0 saturated heterocycles. The third-order valence-electron chi connectivity index (χ3n) is 5.99. The second-order valence-electron chi connectivity index (χ2n) is 7.96. The Kier molecular flexibility index (Phi) is 6.57. The Balaban J connectivity index is 1.72. The van der Waals surface area contributed by atoms with Gasteiger partial charge in [0.1, 0.15) is 10.8 Å². The molecule has 0 spiro atoms. The highest BCUT2D eigenvalue weighted by Crippen LogP contribution is 2.34. The smallest absolute Gasteiger partial charge is 0.274 e. The van der Waals surface area contributed by atoms with Gasteiger partial charge in [-0.1, -0.05) is 23.5 Å². The number of carbonyl (C=O) groups is 1. The zero-order valence-corrected chi connectivity index (χ0v) is 19.4. The maximum Gasteiger partial charge on any atom is 0.274 e. The molecule has 10 heteroatoms. The third kappa shape index (κ3) is 4.28. The molecular formula is C23H25FN4O4S. The summed E-state index contributed by atoms with van der Waals surface area (Å²) in [6.07, 6.45) is 2.66. The number of methoxy groups -OCH3 is 1. The van der Waals surface area contributed by atoms with E-state index in [1.807, 2.05) is 13.8 Å². The van der Waals surface area contributed by atoms with Crippen LogP contribution in [-0.4, -0.2) is 57.0 Å². The van der Waals surface area contributed by atoms with Crippen LogP contribution in [0.4, 0.5) is 4.39 Å². The quantitative estimate of drug-likeness (QED) is 0.567. The Morgan fingerprint density at radius 1 is 1.21 bits per heavy atom. The zero-order valence-electron chi connectivity index (χ0n) is 18.6. The minimum Gasteiger partial charge on any atom is -0.503 e. The molecule has 8 nitrogen and oxygen atoms in total. The maximum absolute atomic E-state index is 13.2. The number of ether oxygens (including phenoxy) is 1. The number of carbonyl (C=O) groups excluding carboxylic acids is 1. The molecule has 3 heterocycles. The number of benzene rings is 1. The van der Waals surface area contributed by atoms with E-state index in [0.29, 0.717) is 36.0 Å². The number of amides is 1. The van der Waals surface area contributed by atoms with E-state index < -0.39 is 11.2 Å². The number of hydrogen-bond acceptors (Lipinski definition) is 7. The van der Waals surface area contributed by atoms with Crippen molar-refractivity contribution in [1.29, 1.82) is 0 Å². The molecule has 0 saturated carbocycles. The summed E-state index contributed by atoms with van der Waals surface area (Å²) in [5.41, 5.74) is 0.388. The predicted molar refractivity (Wildman–Crippen MR) is 122 cm³/mol. The third-order valence-corrected chi connectivity index (χ3v) is 6.95. The Morgan fingerprint density at radius 3 is 2.61 bits per heavy atom. The molecule has 1 N–H and O–H groups in total. The van der Waals surface area contributed by atoms with Gasteiger partial charge in [0, 0.05) is 32.9 Å². The highest BCUT2D eigenvalue weighted by Gasteiger charge is 2.39. The fourth-order valence-corrected chi connectivity index (χ4v) is 5.14. The normalized spacial score (nSPS) is 17.9. The fourth-order valence-electron chi connectivity index (χ4n) is 4.26. The monoisotopic (exact) mass is 472 g/mol. The van der Waals surface area contributed by atoms with Crippen molar-refractivity contribution in [3.63, 3.8) is 0 Å². The van der Waals surface area contributed by atoms with E-state index in [1.54, 1.807) is 34.9 Å². The van der Waals surface area contributed by atoms with Crippen LogP contribution in [0.15, 0.2) is 35.3 Å². The maximum atomic E-state index is 13.2. The Labute approximate surface area is 194 Å². The van der Waals surface area contributed by atoms with Crippen LogP contribution in [0.3, 0.4) is 0 Å². The van der Waals surface area contributed by atoms with Gasteiger partial charge >= 0.3 is 0 Å². The van der Waals surface area contributed by atoms with E-state index >= 15 is 0 Å². The average molecular weight is 473 g/mol. The van der Waals surface area contributed by atoms with Crippen molar-refractivity contribution in [3.8, 4) is 16.3 Å². The second-order valence-corrected chi connectivity index (χ2v) is 9.02. The van der Waals surface area contributed by atoms with E-state index in [9.17, 15) is 19.1 Å². The summed E-state index contributed by atoms with van der Waals surface area (Å²) >= 11 is 1.22. The first-order valence-corrected chi connectivity index (χ1v) is 11.5. The largest absolute Gasteiger partial charge is 0.503 e. The van der Waals surface area contributed by atoms with Crippen LogP contribution in [0.5, 0.6) is 5.75 Å². The summed E-state index contributed by atoms with van der Waals surface area (Å²) in [7, 11) is 1.61. The van der Waals surface area contributed by atoms with Crippen molar-refractivity contribution in [2.45, 2.75) is 38.8 Å². The number of aromatic nitrogens is 3. The van der Waals surface area contributed by atoms with E-state index in [0.717, 1.165) is 5.56 Å². The second kappa shape index (κ2) is 9.40. The summed E-state index contributed by atoms with van der Waals surface area (Å²) in [5, 5.41) is 20.0. The number of pyridine rings is 1. The van der Waals surface area contributed by atoms with Crippen molar-refractivity contribution in [1.82, 2.24) is 19.7 Å². The van der Waals surface area contributed by atoms with Gasteiger partial charge in [0.25, 0.3) is 5.91 Å². The van der Waals surface area contributed by atoms with Crippen LogP contribution in [0.1, 0.15) is 47.4 Å². The van der Waals surface area contributed by atoms with Crippen molar-refractivity contribution in [2.75, 3.05) is 20.3 Å². The van der Waals surface area contributed by atoms with Gasteiger partial charge in [-0.25, -0.2) is 4.39 Å². The first kappa shape index (κ1) is 23.1. The summed E-state index contributed by atoms with van der Waals surface area (Å²) in [5.74, 6) is -1.28. The van der Waals surface area contributed by atoms with Crippen molar-refractivity contribution in [3.05, 3.63) is 62.8 Å². The number of nitrogens with zero attached hydrogens (tertiary/aromatic N) is 4. The number of hydrogen-bond donors (Lipinski definition) is 1. The van der Waals surface area contributed by atoms with Gasteiger partial charge < -0.3 is 19.3 Å². The molecular weight excluding hydrogens is 447 g/mol. The molecule has 4 rings (SSSR count). The lowest BCUT2D eigenvalue weighted by Gasteiger charge is -2.42. The molecule has 174 valence electrons. The molecule has 1 aromatic carbocycles. The number of halogens is 1. The molecule has 1 aliphatic heterocycles. The van der Waals surface area contributed by atoms with E-state index in [2.05, 4.69) is 10.2 Å². The van der Waals surface area contributed by atoms with E-state index in [4.69, 9.17) is 4.74 Å². The summed E-state index contributed by atoms with van der Waals surface area (Å²) in [6.45, 7) is 4.76. The fraction of sp³-hybridized carbons (Fsp3) is 0.391. The van der Waals surface area contributed by atoms with Gasteiger partial charge in [-0.15, -0.1) is 10.2 Å². The molecule has 33 heavy (non-hydrogen) atoms. The molecule has 1 aliphatic rings. The van der Waals surface area contributed by atoms with Gasteiger partial charge in [0.2, 0.25) is 5.43 Å². The SMILES string of the molecule is CCN1C(=O)c2c(O)c(=O)c(-c3nnc(Cc4ccc(F)cc4)s3)cn2C(C)C1CCOC. The van der Waals surface area contributed by atoms with Crippen LogP contribution < -0.4 is 5.43 Å². The molecule has 2 atom stereocenters. The van der Waals surface area contributed by atoms with Crippen LogP contribution in [0.2, 0.25) is 0 Å². The van der Waals surface area contributed by atoms with Crippen LogP contribution >= 0.6 is 11.3 Å². The molecule has 0 aliphatic carbocycles. The number of likely N-dealkylation sites (N-methyl/N-ethyl adjacent to an activating group) is 1. The Morgan fingerprint density at radius 2 is 1.94 bits per heavy atom. The minimum atomic E-state index is -0.655. The van der Waals surface area contributed by atoms with Gasteiger partial charge in [0.15, 0.2) is 16.5 Å². The summed E-state index contributed by atoms with van der Waals surface area (Å²) < 4.78 is 20.0. The highest BCUT2D eigenvalue weighted by atomic mass is 32.1. The Hall–Kier alpha value is -3.11. The van der Waals surface area contributed by atoms with Crippen molar-refractivity contribution < 1.29 is 19.0 Å². The van der Waals surface area contributed by atoms with Crippen LogP contribution in [0.25, 0.3) is 10.6 Å². The van der Waals surface area contributed by atoms with Crippen LogP contribution in [0, 0.1) is 5.82 Å². The van der Waals surface area contributed by atoms with Gasteiger partial charge in [-0.05, 0) is 38.0 Å². The van der Waals surface area contributed by atoms with Crippen LogP contribution in [-0.2, 0) is 11.2 Å². The lowest BCUT2D eigenvalue weighted by Crippen LogP contribution is -2.51. The van der Waals surface area contributed by atoms with Crippen molar-refractivity contribution in [2.24, 2.45) is 0 Å². The lowest BCUT2D eigenvalue weighted by molar-refractivity contribution is 0.0470. The summed E-state index contributed by atoms with van der Waals surface area (Å²) in [6, 6.07) is 5.76. The van der Waals surface area contributed by atoms with E-state index in [-0.39, 0.29) is 35.1 Å². The molecule has 2 aromatic heterocycles. The zero-order chi connectivity index (χ0) is 23.7. The molecule has 2 unspecified atom stereocenters. The van der Waals surface area contributed by atoms with Gasteiger partial charge in [0.05, 0.1) is 17.6 Å². The van der Waals surface area contributed by atoms with Gasteiger partial charge in [-0.2, -0.15) is 0 Å². The number of fused-ring (bicyclic) bond motifs is 1. The standard InChI is InChI=1S/C23H25FN4O4S/c1-4-27-17(9-10-32-3)13(2)28-12-16(20(29)21(30)19(28)23(27)31)22-26-25-18(33-22)11-14-5-7-15(24)8-6-14/h5-8,12-13,17,30H,4,9-11H2,1-3H3. The number of rotatable bonds is 7. The molecule has 0 bridgehead atoms. The Bertz CT molecular complexity index is 1220. The highest BCUT2D eigenvalue weighted by molar-refractivity contribution is 7.14. The molecule has 1 amide bonds. The molecule has 3 aromatic rings. The topological polar surface area (TPSA) is 97.5 Å². The average Bonchev–Trinajstić information content (AvgIpc) is 3.26. The first-order valence-electron chi connectivity index (χ1n) is 10.7. The van der Waals surface area contributed by atoms with E-state index in [1.165, 1.54) is 23.5 Å². The lowest BCUT2D eigenvalue weighted by atomic mass is 9.98. The summed E-state index contributed by atoms with van der Waals surface area (Å²) in [4.78, 5) is 27.8.